The number of benzene rings is 2. The van der Waals surface area contributed by atoms with E-state index < -0.39 is 11.9 Å². The van der Waals surface area contributed by atoms with Gasteiger partial charge in [0.05, 0.1) is 16.2 Å². The highest BCUT2D eigenvalue weighted by molar-refractivity contribution is 9.10. The van der Waals surface area contributed by atoms with Crippen molar-refractivity contribution in [2.45, 2.75) is 19.2 Å². The van der Waals surface area contributed by atoms with Gasteiger partial charge in [0.1, 0.15) is 6.10 Å². The van der Waals surface area contributed by atoms with Crippen LogP contribution in [-0.4, -0.2) is 21.5 Å². The topological polar surface area (TPSA) is 39.3 Å². The van der Waals surface area contributed by atoms with Gasteiger partial charge in [0.2, 0.25) is 0 Å². The van der Waals surface area contributed by atoms with Crippen LogP contribution in [0.5, 0.6) is 0 Å². The van der Waals surface area contributed by atoms with Crippen molar-refractivity contribution in [3.05, 3.63) is 68.5 Å². The van der Waals surface area contributed by atoms with Crippen LogP contribution < -0.4 is 0 Å². The molecule has 3 aromatic rings. The summed E-state index contributed by atoms with van der Waals surface area (Å²) in [5.74, 6) is -0.480. The Labute approximate surface area is 152 Å². The molecule has 2 heterocycles. The summed E-state index contributed by atoms with van der Waals surface area (Å²) in [6.45, 7) is 1.88. The quantitative estimate of drug-likeness (QED) is 0.598. The van der Waals surface area contributed by atoms with Crippen molar-refractivity contribution < 1.29 is 9.50 Å². The molecule has 0 aliphatic carbocycles. The Morgan fingerprint density at radius 2 is 2.08 bits per heavy atom. The second kappa shape index (κ2) is 6.15. The highest BCUT2D eigenvalue weighted by Crippen LogP contribution is 2.39. The average Bonchev–Trinajstić information content (AvgIpc) is 2.94. The fourth-order valence-electron chi connectivity index (χ4n) is 3.39. The van der Waals surface area contributed by atoms with Gasteiger partial charge < -0.3 is 10.1 Å². The molecule has 124 valence electrons. The summed E-state index contributed by atoms with van der Waals surface area (Å²) >= 11 is 9.41. The van der Waals surface area contributed by atoms with Gasteiger partial charge in [0, 0.05) is 29.5 Å². The average molecular weight is 410 g/mol. The van der Waals surface area contributed by atoms with Crippen LogP contribution in [0.25, 0.3) is 10.9 Å². The molecule has 0 saturated heterocycles. The number of aromatic nitrogens is 1. The number of nitrogens with zero attached hydrogens (tertiary/aromatic N) is 1. The van der Waals surface area contributed by atoms with Crippen molar-refractivity contribution in [3.8, 4) is 0 Å². The molecule has 6 heteroatoms. The van der Waals surface area contributed by atoms with Gasteiger partial charge in [0.25, 0.3) is 0 Å². The summed E-state index contributed by atoms with van der Waals surface area (Å²) in [7, 11) is 0. The third kappa shape index (κ3) is 2.65. The van der Waals surface area contributed by atoms with Gasteiger partial charge >= 0.3 is 0 Å². The van der Waals surface area contributed by atoms with E-state index in [1.807, 2.05) is 18.2 Å². The molecule has 24 heavy (non-hydrogen) atoms. The molecule has 3 nitrogen and oxygen atoms in total. The fraction of sp³-hybridized carbons (Fsp3) is 0.222. The number of hydrogen-bond donors (Lipinski definition) is 2. The number of rotatable bonds is 2. The SMILES string of the molecule is OC1CN(Cc2ccccc2)Cc2c1[nH]c1c(F)c(Cl)cc(Br)c21. The molecule has 4 rings (SSSR count). The highest BCUT2D eigenvalue weighted by Gasteiger charge is 2.29. The molecule has 0 spiro atoms. The van der Waals surface area contributed by atoms with Crippen molar-refractivity contribution in [2.24, 2.45) is 0 Å². The monoisotopic (exact) mass is 408 g/mol. The minimum absolute atomic E-state index is 0.0589. The van der Waals surface area contributed by atoms with Crippen LogP contribution in [0.3, 0.4) is 0 Å². The lowest BCUT2D eigenvalue weighted by atomic mass is 10.0. The summed E-state index contributed by atoms with van der Waals surface area (Å²) in [4.78, 5) is 5.20. The molecule has 0 saturated carbocycles. The maximum Gasteiger partial charge on any atom is 0.165 e. The van der Waals surface area contributed by atoms with E-state index in [1.54, 1.807) is 6.07 Å². The number of nitrogens with one attached hydrogen (secondary N) is 1. The zero-order valence-corrected chi connectivity index (χ0v) is 15.0. The molecule has 1 unspecified atom stereocenters. The van der Waals surface area contributed by atoms with E-state index in [2.05, 4.69) is 37.9 Å². The number of aliphatic hydroxyl groups is 1. The maximum absolute atomic E-state index is 14.4. The Bertz CT molecular complexity index is 913. The van der Waals surface area contributed by atoms with Crippen LogP contribution in [0.4, 0.5) is 4.39 Å². The largest absolute Gasteiger partial charge is 0.386 e. The van der Waals surface area contributed by atoms with Gasteiger partial charge in [-0.05, 0) is 17.2 Å². The minimum Gasteiger partial charge on any atom is -0.386 e. The van der Waals surface area contributed by atoms with Crippen molar-refractivity contribution in [1.29, 1.82) is 0 Å². The van der Waals surface area contributed by atoms with E-state index in [9.17, 15) is 9.50 Å². The van der Waals surface area contributed by atoms with Crippen molar-refractivity contribution >= 4 is 38.4 Å². The first-order chi connectivity index (χ1) is 11.5. The molecule has 0 radical (unpaired) electrons. The smallest absolute Gasteiger partial charge is 0.165 e. The summed E-state index contributed by atoms with van der Waals surface area (Å²) in [6.07, 6.45) is -0.685. The summed E-state index contributed by atoms with van der Waals surface area (Å²) in [5.41, 5.74) is 3.12. The van der Waals surface area contributed by atoms with Crippen LogP contribution in [-0.2, 0) is 13.1 Å². The molecular weight excluding hydrogens is 395 g/mol. The molecule has 0 amide bonds. The number of aliphatic hydroxyl groups excluding tert-OH is 1. The summed E-state index contributed by atoms with van der Waals surface area (Å²) in [6, 6.07) is 11.7. The molecule has 1 atom stereocenters. The predicted octanol–water partition coefficient (Wildman–Crippen LogP) is 4.77. The van der Waals surface area contributed by atoms with Crippen LogP contribution in [0.1, 0.15) is 22.9 Å². The van der Waals surface area contributed by atoms with Crippen LogP contribution >= 0.6 is 27.5 Å². The number of halogens is 3. The van der Waals surface area contributed by atoms with Gasteiger partial charge in [-0.15, -0.1) is 0 Å². The molecule has 1 aliphatic heterocycles. The van der Waals surface area contributed by atoms with Crippen LogP contribution in [0, 0.1) is 5.82 Å². The second-order valence-electron chi connectivity index (χ2n) is 6.09. The predicted molar refractivity (Wildman–Crippen MR) is 96.5 cm³/mol. The Morgan fingerprint density at radius 3 is 2.83 bits per heavy atom. The second-order valence-corrected chi connectivity index (χ2v) is 7.35. The molecular formula is C18H15BrClFN2O. The van der Waals surface area contributed by atoms with E-state index >= 15 is 0 Å². The van der Waals surface area contributed by atoms with E-state index in [0.717, 1.165) is 22.0 Å². The zero-order chi connectivity index (χ0) is 16.8. The molecule has 1 aliphatic rings. The van der Waals surface area contributed by atoms with E-state index in [0.29, 0.717) is 24.3 Å². The van der Waals surface area contributed by atoms with Gasteiger partial charge in [-0.25, -0.2) is 4.39 Å². The lowest BCUT2D eigenvalue weighted by molar-refractivity contribution is 0.0859. The normalized spacial score (nSPS) is 18.1. The number of hydrogen-bond acceptors (Lipinski definition) is 2. The van der Waals surface area contributed by atoms with Crippen molar-refractivity contribution in [1.82, 2.24) is 9.88 Å². The Balaban J connectivity index is 1.76. The van der Waals surface area contributed by atoms with E-state index in [1.165, 1.54) is 5.56 Å². The highest BCUT2D eigenvalue weighted by atomic mass is 79.9. The molecule has 0 fully saturated rings. The third-order valence-corrected chi connectivity index (χ3v) is 5.35. The van der Waals surface area contributed by atoms with Gasteiger partial charge in [-0.1, -0.05) is 57.9 Å². The number of H-pyrrole nitrogens is 1. The van der Waals surface area contributed by atoms with Crippen molar-refractivity contribution in [2.75, 3.05) is 6.54 Å². The molecule has 1 aromatic heterocycles. The van der Waals surface area contributed by atoms with E-state index in [-0.39, 0.29) is 5.02 Å². The first kappa shape index (κ1) is 16.1. The molecule has 0 bridgehead atoms. The summed E-state index contributed by atoms with van der Waals surface area (Å²) < 4.78 is 15.1. The number of aromatic amines is 1. The third-order valence-electron chi connectivity index (χ3n) is 4.45. The minimum atomic E-state index is -0.685. The first-order valence-electron chi connectivity index (χ1n) is 7.67. The first-order valence-corrected chi connectivity index (χ1v) is 8.84. The number of fused-ring (bicyclic) bond motifs is 3. The fourth-order valence-corrected chi connectivity index (χ4v) is 4.39. The van der Waals surface area contributed by atoms with Gasteiger partial charge in [0.15, 0.2) is 5.82 Å². The Kier molecular flexibility index (Phi) is 4.12. The van der Waals surface area contributed by atoms with Crippen LogP contribution in [0.15, 0.2) is 40.9 Å². The molecule has 2 N–H and O–H groups in total. The zero-order valence-electron chi connectivity index (χ0n) is 12.7. The number of β-amino-alcohol motifs (C(OH)–C–C–N with tert-alkyl or cyclic N) is 1. The Hall–Kier alpha value is -1.40. The van der Waals surface area contributed by atoms with Crippen LogP contribution in [0.2, 0.25) is 5.02 Å². The standard InChI is InChI=1S/C18H15BrClFN2O/c19-12-6-13(20)16(21)18-15(12)11-8-23(9-14(24)17(11)22-18)7-10-4-2-1-3-5-10/h1-6,14,22,24H,7-9H2. The lowest BCUT2D eigenvalue weighted by Gasteiger charge is -2.30. The van der Waals surface area contributed by atoms with E-state index in [4.69, 9.17) is 11.6 Å². The molecule has 2 aromatic carbocycles. The Morgan fingerprint density at radius 1 is 1.33 bits per heavy atom. The maximum atomic E-state index is 14.4. The van der Waals surface area contributed by atoms with Gasteiger partial charge in [-0.2, -0.15) is 0 Å². The summed E-state index contributed by atoms with van der Waals surface area (Å²) in [5, 5.41) is 11.3. The van der Waals surface area contributed by atoms with Crippen molar-refractivity contribution in [3.63, 3.8) is 0 Å². The van der Waals surface area contributed by atoms with Gasteiger partial charge in [-0.3, -0.25) is 4.90 Å². The lowest BCUT2D eigenvalue weighted by Crippen LogP contribution is -2.32.